The molecule has 1 amide bonds. The summed E-state index contributed by atoms with van der Waals surface area (Å²) in [5, 5.41) is 13.9. The molecule has 8 heteroatoms. The average Bonchev–Trinajstić information content (AvgIpc) is 3.21. The van der Waals surface area contributed by atoms with Crippen molar-refractivity contribution in [2.24, 2.45) is 0 Å². The number of carbonyl (C=O) groups is 1. The zero-order valence-electron chi connectivity index (χ0n) is 14.4. The van der Waals surface area contributed by atoms with Crippen LogP contribution in [0.5, 0.6) is 0 Å². The second kappa shape index (κ2) is 7.12. The fraction of sp³-hybridized carbons (Fsp3) is 0.0526. The van der Waals surface area contributed by atoms with E-state index in [4.69, 9.17) is 0 Å². The molecule has 0 unspecified atom stereocenters. The minimum absolute atomic E-state index is 0.250. The Morgan fingerprint density at radius 1 is 1.15 bits per heavy atom. The van der Waals surface area contributed by atoms with Gasteiger partial charge in [0.25, 0.3) is 0 Å². The van der Waals surface area contributed by atoms with Crippen molar-refractivity contribution in [3.8, 4) is 5.69 Å². The van der Waals surface area contributed by atoms with Crippen molar-refractivity contribution in [2.45, 2.75) is 6.92 Å². The number of nitrogens with one attached hydrogen (secondary N) is 1. The summed E-state index contributed by atoms with van der Waals surface area (Å²) >= 11 is 0. The van der Waals surface area contributed by atoms with E-state index in [1.165, 1.54) is 12.4 Å². The van der Waals surface area contributed by atoms with Gasteiger partial charge >= 0.3 is 0 Å². The molecular weight excluding hydrogens is 342 g/mol. The molecule has 0 fully saturated rings. The van der Waals surface area contributed by atoms with E-state index in [2.05, 4.69) is 30.8 Å². The number of aryl methyl sites for hydroxylation is 1. The van der Waals surface area contributed by atoms with E-state index < -0.39 is 0 Å². The molecule has 4 aromatic rings. The molecule has 0 aliphatic carbocycles. The fourth-order valence-electron chi connectivity index (χ4n) is 2.66. The molecule has 132 valence electrons. The number of hydrogen-bond acceptors (Lipinski definition) is 6. The minimum atomic E-state index is -0.250. The smallest absolute Gasteiger partial charge is 0.248 e. The topological polar surface area (TPSA) is 98.5 Å². The van der Waals surface area contributed by atoms with Gasteiger partial charge < -0.3 is 5.32 Å². The van der Waals surface area contributed by atoms with E-state index in [9.17, 15) is 4.79 Å². The molecule has 4 rings (SSSR count). The highest BCUT2D eigenvalue weighted by atomic mass is 16.1. The van der Waals surface area contributed by atoms with Gasteiger partial charge in [-0.25, -0.2) is 9.67 Å². The zero-order valence-corrected chi connectivity index (χ0v) is 14.4. The molecule has 1 N–H and O–H groups in total. The molecule has 0 atom stereocenters. The lowest BCUT2D eigenvalue weighted by Gasteiger charge is -2.08. The van der Waals surface area contributed by atoms with Crippen LogP contribution in [0, 0.1) is 6.92 Å². The van der Waals surface area contributed by atoms with Gasteiger partial charge in [-0.2, -0.15) is 0 Å². The summed E-state index contributed by atoms with van der Waals surface area (Å²) < 4.78 is 1.57. The standard InChI is InChI=1S/C19H15N7O/c1-13-10-14(6-8-18(13)26-12-21-24-25-26)23-19(27)9-7-15-11-20-16-4-2-3-5-17(16)22-15/h2-12H,1H3,(H,23,27)/b9-7+. The molecule has 8 nitrogen and oxygen atoms in total. The van der Waals surface area contributed by atoms with Crippen LogP contribution in [-0.4, -0.2) is 36.1 Å². The van der Waals surface area contributed by atoms with Crippen LogP contribution in [0.15, 0.2) is 61.1 Å². The van der Waals surface area contributed by atoms with E-state index >= 15 is 0 Å². The number of carbonyl (C=O) groups excluding carboxylic acids is 1. The lowest BCUT2D eigenvalue weighted by Crippen LogP contribution is -2.08. The highest BCUT2D eigenvalue weighted by Gasteiger charge is 2.05. The Morgan fingerprint density at radius 2 is 2.00 bits per heavy atom. The van der Waals surface area contributed by atoms with Crippen molar-refractivity contribution in [2.75, 3.05) is 5.32 Å². The van der Waals surface area contributed by atoms with Crippen LogP contribution in [0.1, 0.15) is 11.3 Å². The number of amides is 1. The van der Waals surface area contributed by atoms with E-state index in [1.54, 1.807) is 23.0 Å². The first-order valence-corrected chi connectivity index (χ1v) is 8.24. The van der Waals surface area contributed by atoms with Gasteiger partial charge in [-0.15, -0.1) is 5.10 Å². The van der Waals surface area contributed by atoms with Gasteiger partial charge in [-0.05, 0) is 59.3 Å². The van der Waals surface area contributed by atoms with Gasteiger partial charge in [-0.1, -0.05) is 12.1 Å². The lowest BCUT2D eigenvalue weighted by molar-refractivity contribution is -0.111. The molecule has 2 aromatic heterocycles. The monoisotopic (exact) mass is 357 g/mol. The highest BCUT2D eigenvalue weighted by molar-refractivity contribution is 6.02. The molecule has 0 radical (unpaired) electrons. The number of nitrogens with zero attached hydrogens (tertiary/aromatic N) is 6. The Kier molecular flexibility index (Phi) is 4.36. The lowest BCUT2D eigenvalue weighted by atomic mass is 10.2. The number of fused-ring (bicyclic) bond motifs is 1. The molecule has 0 saturated carbocycles. The molecule has 2 aromatic carbocycles. The third-order valence-corrected chi connectivity index (χ3v) is 3.93. The summed E-state index contributed by atoms with van der Waals surface area (Å²) in [6.07, 6.45) is 6.23. The van der Waals surface area contributed by atoms with E-state index in [0.717, 1.165) is 22.3 Å². The number of para-hydroxylation sites is 2. The van der Waals surface area contributed by atoms with Crippen LogP contribution in [0.4, 0.5) is 5.69 Å². The Bertz CT molecular complexity index is 1140. The van der Waals surface area contributed by atoms with Crippen LogP contribution >= 0.6 is 0 Å². The number of rotatable bonds is 4. The van der Waals surface area contributed by atoms with Gasteiger partial charge in [0.2, 0.25) is 5.91 Å². The van der Waals surface area contributed by atoms with Gasteiger partial charge in [0.1, 0.15) is 6.33 Å². The first kappa shape index (κ1) is 16.5. The SMILES string of the molecule is Cc1cc(NC(=O)/C=C/c2cnc3ccccc3n2)ccc1-n1cnnn1. The molecular formula is C19H15N7O. The van der Waals surface area contributed by atoms with E-state index in [-0.39, 0.29) is 5.91 Å². The normalized spacial score (nSPS) is 11.1. The van der Waals surface area contributed by atoms with Crippen LogP contribution in [-0.2, 0) is 4.79 Å². The Morgan fingerprint density at radius 3 is 2.78 bits per heavy atom. The number of tetrazole rings is 1. The van der Waals surface area contributed by atoms with Gasteiger partial charge in [0, 0.05) is 11.8 Å². The first-order valence-electron chi connectivity index (χ1n) is 8.24. The number of hydrogen-bond donors (Lipinski definition) is 1. The second-order valence-corrected chi connectivity index (χ2v) is 5.86. The second-order valence-electron chi connectivity index (χ2n) is 5.86. The maximum atomic E-state index is 12.2. The van der Waals surface area contributed by atoms with Gasteiger partial charge in [-0.3, -0.25) is 9.78 Å². The summed E-state index contributed by atoms with van der Waals surface area (Å²) in [5.41, 5.74) is 4.69. The molecule has 0 aliphatic heterocycles. The zero-order chi connectivity index (χ0) is 18.6. The molecule has 0 aliphatic rings. The summed E-state index contributed by atoms with van der Waals surface area (Å²) in [6.45, 7) is 1.92. The Hall–Kier alpha value is -3.94. The maximum Gasteiger partial charge on any atom is 0.248 e. The average molecular weight is 357 g/mol. The maximum absolute atomic E-state index is 12.2. The predicted octanol–water partition coefficient (Wildman–Crippen LogP) is 2.57. The summed E-state index contributed by atoms with van der Waals surface area (Å²) in [7, 11) is 0. The molecule has 2 heterocycles. The molecule has 0 bridgehead atoms. The molecule has 0 spiro atoms. The minimum Gasteiger partial charge on any atom is -0.323 e. The number of aromatic nitrogens is 6. The predicted molar refractivity (Wildman–Crippen MR) is 101 cm³/mol. The van der Waals surface area contributed by atoms with Crippen LogP contribution in [0.2, 0.25) is 0 Å². The third kappa shape index (κ3) is 3.69. The van der Waals surface area contributed by atoms with Crippen LogP contribution in [0.3, 0.4) is 0 Å². The van der Waals surface area contributed by atoms with Crippen LogP contribution in [0.25, 0.3) is 22.8 Å². The Balaban J connectivity index is 1.47. The fourth-order valence-corrected chi connectivity index (χ4v) is 2.66. The van der Waals surface area contributed by atoms with Crippen LogP contribution < -0.4 is 5.32 Å². The van der Waals surface area contributed by atoms with Crippen molar-refractivity contribution in [3.05, 3.63) is 72.3 Å². The number of anilines is 1. The van der Waals surface area contributed by atoms with E-state index in [1.807, 2.05) is 43.3 Å². The quantitative estimate of drug-likeness (QED) is 0.564. The molecule has 27 heavy (non-hydrogen) atoms. The number of benzene rings is 2. The summed E-state index contributed by atoms with van der Waals surface area (Å²) in [5.74, 6) is -0.250. The molecule has 0 saturated heterocycles. The third-order valence-electron chi connectivity index (χ3n) is 3.93. The van der Waals surface area contributed by atoms with Crippen molar-refractivity contribution < 1.29 is 4.79 Å². The summed E-state index contributed by atoms with van der Waals surface area (Å²) in [4.78, 5) is 21.0. The van der Waals surface area contributed by atoms with Crippen molar-refractivity contribution in [3.63, 3.8) is 0 Å². The highest BCUT2D eigenvalue weighted by Crippen LogP contribution is 2.18. The first-order chi connectivity index (χ1) is 13.2. The Labute approximate surface area is 154 Å². The van der Waals surface area contributed by atoms with Crippen molar-refractivity contribution >= 4 is 28.7 Å². The van der Waals surface area contributed by atoms with Crippen molar-refractivity contribution in [1.82, 2.24) is 30.2 Å². The largest absolute Gasteiger partial charge is 0.323 e. The summed E-state index contributed by atoms with van der Waals surface area (Å²) in [6, 6.07) is 13.1. The van der Waals surface area contributed by atoms with Gasteiger partial charge in [0.05, 0.1) is 28.6 Å². The van der Waals surface area contributed by atoms with Crippen molar-refractivity contribution in [1.29, 1.82) is 0 Å². The van der Waals surface area contributed by atoms with E-state index in [0.29, 0.717) is 11.4 Å². The van der Waals surface area contributed by atoms with Gasteiger partial charge in [0.15, 0.2) is 0 Å².